The van der Waals surface area contributed by atoms with Crippen molar-refractivity contribution in [1.29, 1.82) is 5.26 Å². The molecule has 8 nitrogen and oxygen atoms in total. The van der Waals surface area contributed by atoms with Gasteiger partial charge < -0.3 is 19.2 Å². The number of nitrogens with zero attached hydrogens (tertiary/aromatic N) is 5. The zero-order valence-corrected chi connectivity index (χ0v) is 17.0. The second-order valence-corrected chi connectivity index (χ2v) is 7.52. The second-order valence-electron chi connectivity index (χ2n) is 7.52. The van der Waals surface area contributed by atoms with Gasteiger partial charge in [-0.15, -0.1) is 5.10 Å². The summed E-state index contributed by atoms with van der Waals surface area (Å²) < 4.78 is 5.52. The molecule has 2 aromatic heterocycles. The molecule has 0 spiro atoms. The maximum absolute atomic E-state index is 12.5. The van der Waals surface area contributed by atoms with Crippen LogP contribution in [0.4, 0.5) is 11.7 Å². The van der Waals surface area contributed by atoms with Gasteiger partial charge >= 0.3 is 6.01 Å². The van der Waals surface area contributed by atoms with Crippen LogP contribution in [-0.4, -0.2) is 41.4 Å². The Morgan fingerprint density at radius 1 is 1.00 bits per heavy atom. The molecule has 1 N–H and O–H groups in total. The largest absolute Gasteiger partial charge is 0.408 e. The van der Waals surface area contributed by atoms with Crippen LogP contribution in [0, 0.1) is 18.3 Å². The van der Waals surface area contributed by atoms with Crippen molar-refractivity contribution in [2.75, 3.05) is 36.0 Å². The summed E-state index contributed by atoms with van der Waals surface area (Å²) in [6.07, 6.45) is 0. The highest BCUT2D eigenvalue weighted by atomic mass is 16.4. The Labute approximate surface area is 178 Å². The Morgan fingerprint density at radius 3 is 2.42 bits per heavy atom. The van der Waals surface area contributed by atoms with E-state index in [9.17, 15) is 10.1 Å². The number of piperazine rings is 1. The molecule has 1 fully saturated rings. The molecular weight excluding hydrogens is 392 g/mol. The van der Waals surface area contributed by atoms with Crippen LogP contribution in [-0.2, 0) is 0 Å². The van der Waals surface area contributed by atoms with E-state index in [0.717, 1.165) is 37.4 Å². The number of aryl methyl sites for hydroxylation is 1. The predicted octanol–water partition coefficient (Wildman–Crippen LogP) is 3.08. The molecule has 1 saturated heterocycles. The molecule has 2 aromatic carbocycles. The molecule has 1 aliphatic heterocycles. The fraction of sp³-hybridized carbons (Fsp3) is 0.217. The highest BCUT2D eigenvalue weighted by molar-refractivity contribution is 5.89. The number of aromatic amines is 1. The zero-order valence-electron chi connectivity index (χ0n) is 17.0. The van der Waals surface area contributed by atoms with E-state index in [2.05, 4.69) is 43.2 Å². The molecule has 0 aliphatic carbocycles. The Bertz CT molecular complexity index is 1340. The van der Waals surface area contributed by atoms with Gasteiger partial charge in [-0.2, -0.15) is 5.26 Å². The van der Waals surface area contributed by atoms with Gasteiger partial charge in [0, 0.05) is 55.3 Å². The number of rotatable bonds is 3. The summed E-state index contributed by atoms with van der Waals surface area (Å²) in [5, 5.41) is 18.6. The molecule has 31 heavy (non-hydrogen) atoms. The fourth-order valence-electron chi connectivity index (χ4n) is 3.96. The summed E-state index contributed by atoms with van der Waals surface area (Å²) in [7, 11) is 0. The first kappa shape index (κ1) is 18.9. The molecule has 0 unspecified atom stereocenters. The molecule has 0 amide bonds. The minimum absolute atomic E-state index is 0.193. The lowest BCUT2D eigenvalue weighted by molar-refractivity contribution is 0.492. The van der Waals surface area contributed by atoms with Crippen molar-refractivity contribution in [3.8, 4) is 17.3 Å². The Balaban J connectivity index is 1.36. The first-order chi connectivity index (χ1) is 15.1. The molecule has 5 rings (SSSR count). The highest BCUT2D eigenvalue weighted by Gasteiger charge is 2.21. The van der Waals surface area contributed by atoms with Crippen LogP contribution in [0.1, 0.15) is 11.5 Å². The molecule has 4 aromatic rings. The zero-order chi connectivity index (χ0) is 21.4. The van der Waals surface area contributed by atoms with Gasteiger partial charge in [-0.1, -0.05) is 23.3 Å². The van der Waals surface area contributed by atoms with E-state index in [1.165, 1.54) is 0 Å². The van der Waals surface area contributed by atoms with Gasteiger partial charge in [-0.3, -0.25) is 4.79 Å². The Hall–Kier alpha value is -4.12. The average molecular weight is 412 g/mol. The van der Waals surface area contributed by atoms with Gasteiger partial charge in [-0.05, 0) is 35.9 Å². The predicted molar refractivity (Wildman–Crippen MR) is 118 cm³/mol. The van der Waals surface area contributed by atoms with E-state index in [1.54, 1.807) is 25.1 Å². The minimum Gasteiger partial charge on any atom is -0.408 e. The van der Waals surface area contributed by atoms with Gasteiger partial charge in [0.05, 0.1) is 11.6 Å². The number of H-pyrrole nitrogens is 1. The smallest absolute Gasteiger partial charge is 0.318 e. The third kappa shape index (κ3) is 3.51. The molecular formula is C23H20N6O2. The van der Waals surface area contributed by atoms with Gasteiger partial charge in [0.25, 0.3) is 5.56 Å². The molecule has 0 atom stereocenters. The molecule has 154 valence electrons. The molecule has 0 bridgehead atoms. The van der Waals surface area contributed by atoms with Crippen LogP contribution >= 0.6 is 0 Å². The van der Waals surface area contributed by atoms with Crippen LogP contribution < -0.4 is 15.4 Å². The highest BCUT2D eigenvalue weighted by Crippen LogP contribution is 2.26. The molecule has 0 radical (unpaired) electrons. The molecule has 3 heterocycles. The van der Waals surface area contributed by atoms with Crippen molar-refractivity contribution in [2.45, 2.75) is 6.92 Å². The number of nitrogens with one attached hydrogen (secondary N) is 1. The fourth-order valence-corrected chi connectivity index (χ4v) is 3.96. The van der Waals surface area contributed by atoms with Crippen molar-refractivity contribution in [2.24, 2.45) is 0 Å². The van der Waals surface area contributed by atoms with Crippen LogP contribution in [0.15, 0.2) is 57.7 Å². The van der Waals surface area contributed by atoms with E-state index in [4.69, 9.17) is 4.42 Å². The Morgan fingerprint density at radius 2 is 1.74 bits per heavy atom. The van der Waals surface area contributed by atoms with E-state index in [1.807, 2.05) is 18.2 Å². The number of hydrogen-bond acceptors (Lipinski definition) is 7. The summed E-state index contributed by atoms with van der Waals surface area (Å²) >= 11 is 0. The maximum Gasteiger partial charge on any atom is 0.318 e. The molecule has 8 heteroatoms. The topological polar surface area (TPSA) is 102 Å². The van der Waals surface area contributed by atoms with Gasteiger partial charge in [-0.25, -0.2) is 0 Å². The standard InChI is InChI=1S/C23H20N6O2/c1-15-26-27-23(31-15)29-11-9-28(10-12-29)18-7-5-16(6-8-18)21-13-20-17(14-24)3-2-4-19(20)22(30)25-21/h2-8,13H,9-12H2,1H3,(H,25,30). The van der Waals surface area contributed by atoms with Crippen LogP contribution in [0.5, 0.6) is 0 Å². The Kier molecular flexibility index (Phi) is 4.64. The number of anilines is 2. The second kappa shape index (κ2) is 7.61. The van der Waals surface area contributed by atoms with Crippen molar-refractivity contribution in [1.82, 2.24) is 15.2 Å². The lowest BCUT2D eigenvalue weighted by Crippen LogP contribution is -2.46. The van der Waals surface area contributed by atoms with Crippen molar-refractivity contribution in [3.05, 3.63) is 70.3 Å². The van der Waals surface area contributed by atoms with Crippen molar-refractivity contribution >= 4 is 22.5 Å². The third-order valence-electron chi connectivity index (χ3n) is 5.62. The summed E-state index contributed by atoms with van der Waals surface area (Å²) in [6.45, 7) is 5.09. The van der Waals surface area contributed by atoms with E-state index < -0.39 is 0 Å². The summed E-state index contributed by atoms with van der Waals surface area (Å²) in [5.74, 6) is 0.571. The monoisotopic (exact) mass is 412 g/mol. The molecule has 0 saturated carbocycles. The van der Waals surface area contributed by atoms with Gasteiger partial charge in [0.15, 0.2) is 0 Å². The molecule has 1 aliphatic rings. The number of nitriles is 1. The van der Waals surface area contributed by atoms with E-state index in [0.29, 0.717) is 33.9 Å². The minimum atomic E-state index is -0.193. The van der Waals surface area contributed by atoms with E-state index >= 15 is 0 Å². The maximum atomic E-state index is 12.5. The number of pyridine rings is 1. The number of fused-ring (bicyclic) bond motifs is 1. The van der Waals surface area contributed by atoms with Gasteiger partial charge in [0.2, 0.25) is 5.89 Å². The first-order valence-electron chi connectivity index (χ1n) is 10.1. The lowest BCUT2D eigenvalue weighted by Gasteiger charge is -2.35. The normalized spacial score (nSPS) is 14.1. The quantitative estimate of drug-likeness (QED) is 0.552. The lowest BCUT2D eigenvalue weighted by atomic mass is 10.0. The van der Waals surface area contributed by atoms with Crippen molar-refractivity contribution in [3.63, 3.8) is 0 Å². The summed E-state index contributed by atoms with van der Waals surface area (Å²) in [4.78, 5) is 19.8. The van der Waals surface area contributed by atoms with Crippen molar-refractivity contribution < 1.29 is 4.42 Å². The number of aromatic nitrogens is 3. The van der Waals surface area contributed by atoms with Crippen LogP contribution in [0.3, 0.4) is 0 Å². The SMILES string of the molecule is Cc1nnc(N2CCN(c3ccc(-c4cc5c(C#N)cccc5c(=O)[nH]4)cc3)CC2)o1. The third-order valence-corrected chi connectivity index (χ3v) is 5.62. The number of hydrogen-bond donors (Lipinski definition) is 1. The van der Waals surface area contributed by atoms with Crippen LogP contribution in [0.25, 0.3) is 22.0 Å². The van der Waals surface area contributed by atoms with E-state index in [-0.39, 0.29) is 5.56 Å². The van der Waals surface area contributed by atoms with Crippen LogP contribution in [0.2, 0.25) is 0 Å². The summed E-state index contributed by atoms with van der Waals surface area (Å²) in [5.41, 5.74) is 3.02. The number of benzene rings is 2. The summed E-state index contributed by atoms with van der Waals surface area (Å²) in [6, 6.07) is 17.9. The average Bonchev–Trinajstić information content (AvgIpc) is 3.25. The first-order valence-corrected chi connectivity index (χ1v) is 10.1. The van der Waals surface area contributed by atoms with Gasteiger partial charge in [0.1, 0.15) is 0 Å².